The van der Waals surface area contributed by atoms with Gasteiger partial charge in [-0.3, -0.25) is 0 Å². The highest BCUT2D eigenvalue weighted by molar-refractivity contribution is 5.72. The van der Waals surface area contributed by atoms with Gasteiger partial charge in [-0.05, 0) is 53.7 Å². The van der Waals surface area contributed by atoms with Crippen LogP contribution in [0.25, 0.3) is 5.57 Å². The lowest BCUT2D eigenvalue weighted by molar-refractivity contribution is -0.137. The summed E-state index contributed by atoms with van der Waals surface area (Å²) >= 11 is 0. The average Bonchev–Trinajstić information content (AvgIpc) is 2.92. The Balaban J connectivity index is 1.93. The van der Waals surface area contributed by atoms with Gasteiger partial charge in [0, 0.05) is 11.8 Å². The second-order valence-corrected chi connectivity index (χ2v) is 5.98. The monoisotopic (exact) mass is 357 g/mol. The summed E-state index contributed by atoms with van der Waals surface area (Å²) in [5.74, 6) is -4.01. The summed E-state index contributed by atoms with van der Waals surface area (Å²) in [6.07, 6.45) is -4.28. The zero-order valence-electron chi connectivity index (χ0n) is 12.8. The molecule has 0 radical (unpaired) electrons. The van der Waals surface area contributed by atoms with E-state index in [0.29, 0.717) is 11.6 Å². The fourth-order valence-electron chi connectivity index (χ4n) is 3.12. The Labute approximate surface area is 139 Å². The first-order chi connectivity index (χ1) is 11.7. The maximum absolute atomic E-state index is 14.0. The first kappa shape index (κ1) is 17.4. The van der Waals surface area contributed by atoms with E-state index in [0.717, 1.165) is 18.2 Å². The molecule has 0 amide bonds. The van der Waals surface area contributed by atoms with Crippen molar-refractivity contribution in [3.63, 3.8) is 0 Å². The van der Waals surface area contributed by atoms with E-state index in [4.69, 9.17) is 5.73 Å². The summed E-state index contributed by atoms with van der Waals surface area (Å²) in [7, 11) is 0. The Morgan fingerprint density at radius 2 is 1.68 bits per heavy atom. The number of alkyl halides is 3. The van der Waals surface area contributed by atoms with Crippen LogP contribution >= 0.6 is 0 Å². The predicted octanol–water partition coefficient (Wildman–Crippen LogP) is 5.37. The van der Waals surface area contributed by atoms with Gasteiger partial charge in [0.05, 0.1) is 5.56 Å². The number of hydrogen-bond donors (Lipinski definition) is 1. The van der Waals surface area contributed by atoms with E-state index in [1.807, 2.05) is 0 Å². The van der Waals surface area contributed by atoms with Crippen LogP contribution in [0.2, 0.25) is 0 Å². The van der Waals surface area contributed by atoms with E-state index in [-0.39, 0.29) is 29.7 Å². The van der Waals surface area contributed by atoms with E-state index in [1.54, 1.807) is 0 Å². The standard InChI is InChI=1S/C18H13F6N/c19-12-7-14(17(21)15(20)8-12)10-5-13(16(25)6-10)9-2-1-3-11(4-9)18(22,23)24/h1-4,7-8,10H,5-6,25H2. The van der Waals surface area contributed by atoms with Crippen molar-refractivity contribution in [1.82, 2.24) is 0 Å². The number of benzene rings is 2. The van der Waals surface area contributed by atoms with Gasteiger partial charge < -0.3 is 5.73 Å². The Hall–Kier alpha value is -2.44. The molecule has 0 saturated heterocycles. The van der Waals surface area contributed by atoms with Crippen LogP contribution < -0.4 is 5.73 Å². The van der Waals surface area contributed by atoms with Crippen molar-refractivity contribution in [3.05, 3.63) is 76.2 Å². The third kappa shape index (κ3) is 3.36. The van der Waals surface area contributed by atoms with Gasteiger partial charge in [0.1, 0.15) is 5.82 Å². The van der Waals surface area contributed by atoms with Crippen molar-refractivity contribution < 1.29 is 26.3 Å². The molecular formula is C18H13F6N. The second-order valence-electron chi connectivity index (χ2n) is 5.98. The molecule has 1 nitrogen and oxygen atoms in total. The van der Waals surface area contributed by atoms with Crippen molar-refractivity contribution >= 4 is 5.57 Å². The molecule has 2 aromatic rings. The zero-order valence-corrected chi connectivity index (χ0v) is 12.8. The minimum Gasteiger partial charge on any atom is -0.402 e. The van der Waals surface area contributed by atoms with Crippen LogP contribution in [0.1, 0.15) is 35.4 Å². The van der Waals surface area contributed by atoms with Crippen LogP contribution in [0.4, 0.5) is 26.3 Å². The molecule has 25 heavy (non-hydrogen) atoms. The van der Waals surface area contributed by atoms with E-state index >= 15 is 0 Å². The zero-order chi connectivity index (χ0) is 18.4. The summed E-state index contributed by atoms with van der Waals surface area (Å²) in [6.45, 7) is 0. The van der Waals surface area contributed by atoms with Gasteiger partial charge in [-0.25, -0.2) is 13.2 Å². The van der Waals surface area contributed by atoms with Crippen LogP contribution in [0.3, 0.4) is 0 Å². The molecule has 0 bridgehead atoms. The van der Waals surface area contributed by atoms with Crippen LogP contribution in [0, 0.1) is 17.5 Å². The molecule has 1 aliphatic carbocycles. The van der Waals surface area contributed by atoms with Gasteiger partial charge in [-0.2, -0.15) is 13.2 Å². The molecule has 1 unspecified atom stereocenters. The molecule has 1 atom stereocenters. The molecule has 0 aromatic heterocycles. The lowest BCUT2D eigenvalue weighted by Gasteiger charge is -2.13. The van der Waals surface area contributed by atoms with Gasteiger partial charge in [0.25, 0.3) is 0 Å². The highest BCUT2D eigenvalue weighted by Gasteiger charge is 2.32. The van der Waals surface area contributed by atoms with Gasteiger partial charge in [0.2, 0.25) is 0 Å². The minimum absolute atomic E-state index is 0.104. The summed E-state index contributed by atoms with van der Waals surface area (Å²) in [6, 6.07) is 5.97. The van der Waals surface area contributed by atoms with E-state index in [9.17, 15) is 26.3 Å². The first-order valence-corrected chi connectivity index (χ1v) is 7.46. The molecule has 7 heteroatoms. The summed E-state index contributed by atoms with van der Waals surface area (Å²) in [4.78, 5) is 0. The molecule has 0 fully saturated rings. The largest absolute Gasteiger partial charge is 0.416 e. The SMILES string of the molecule is NC1=C(c2cccc(C(F)(F)F)c2)CC(c2cc(F)cc(F)c2F)C1. The quantitative estimate of drug-likeness (QED) is 0.568. The smallest absolute Gasteiger partial charge is 0.402 e. The molecule has 2 aromatic carbocycles. The molecule has 0 saturated carbocycles. The van der Waals surface area contributed by atoms with E-state index in [2.05, 4.69) is 0 Å². The number of rotatable bonds is 2. The highest BCUT2D eigenvalue weighted by Crippen LogP contribution is 2.43. The predicted molar refractivity (Wildman–Crippen MR) is 80.8 cm³/mol. The van der Waals surface area contributed by atoms with Crippen LogP contribution in [-0.2, 0) is 6.18 Å². The number of halogens is 6. The van der Waals surface area contributed by atoms with E-state index < -0.39 is 35.1 Å². The Morgan fingerprint density at radius 3 is 2.36 bits per heavy atom. The van der Waals surface area contributed by atoms with Gasteiger partial charge in [-0.15, -0.1) is 0 Å². The Morgan fingerprint density at radius 1 is 0.960 bits per heavy atom. The Bertz CT molecular complexity index is 853. The lowest BCUT2D eigenvalue weighted by Crippen LogP contribution is -2.05. The topological polar surface area (TPSA) is 26.0 Å². The van der Waals surface area contributed by atoms with Gasteiger partial charge in [-0.1, -0.05) is 12.1 Å². The average molecular weight is 357 g/mol. The molecule has 0 spiro atoms. The molecule has 0 heterocycles. The third-order valence-electron chi connectivity index (χ3n) is 4.30. The fraction of sp³-hybridized carbons (Fsp3) is 0.222. The molecular weight excluding hydrogens is 344 g/mol. The van der Waals surface area contributed by atoms with Gasteiger partial charge in [0.15, 0.2) is 11.6 Å². The molecule has 0 aliphatic heterocycles. The Kier molecular flexibility index (Phi) is 4.26. The maximum atomic E-state index is 14.0. The second kappa shape index (κ2) is 6.13. The van der Waals surface area contributed by atoms with Crippen LogP contribution in [0.5, 0.6) is 0 Å². The minimum atomic E-state index is -4.50. The summed E-state index contributed by atoms with van der Waals surface area (Å²) in [5, 5.41) is 0. The van der Waals surface area contributed by atoms with Gasteiger partial charge >= 0.3 is 6.18 Å². The lowest BCUT2D eigenvalue weighted by atomic mass is 9.93. The fourth-order valence-corrected chi connectivity index (χ4v) is 3.12. The first-order valence-electron chi connectivity index (χ1n) is 7.46. The molecule has 132 valence electrons. The summed E-state index contributed by atoms with van der Waals surface area (Å²) < 4.78 is 79.3. The van der Waals surface area contributed by atoms with Crippen LogP contribution in [-0.4, -0.2) is 0 Å². The third-order valence-corrected chi connectivity index (χ3v) is 4.30. The number of hydrogen-bond acceptors (Lipinski definition) is 1. The van der Waals surface area contributed by atoms with Crippen LogP contribution in [0.15, 0.2) is 42.1 Å². The van der Waals surface area contributed by atoms with E-state index in [1.165, 1.54) is 12.1 Å². The summed E-state index contributed by atoms with van der Waals surface area (Å²) in [5.41, 5.74) is 5.91. The van der Waals surface area contributed by atoms with Crippen molar-refractivity contribution in [2.45, 2.75) is 24.9 Å². The normalized spacial score (nSPS) is 18.1. The number of nitrogens with two attached hydrogens (primary N) is 1. The van der Waals surface area contributed by atoms with Crippen molar-refractivity contribution in [3.8, 4) is 0 Å². The van der Waals surface area contributed by atoms with Crippen molar-refractivity contribution in [2.75, 3.05) is 0 Å². The van der Waals surface area contributed by atoms with Crippen molar-refractivity contribution in [2.24, 2.45) is 5.73 Å². The molecule has 2 N–H and O–H groups in total. The number of allylic oxidation sites excluding steroid dienone is 2. The van der Waals surface area contributed by atoms with Crippen molar-refractivity contribution in [1.29, 1.82) is 0 Å². The molecule has 3 rings (SSSR count). The highest BCUT2D eigenvalue weighted by atomic mass is 19.4. The maximum Gasteiger partial charge on any atom is 0.416 e. The molecule has 1 aliphatic rings.